The molecule has 1 aromatic rings. The predicted molar refractivity (Wildman–Crippen MR) is 76.7 cm³/mol. The fraction of sp³-hybridized carbons (Fsp3) is 0.500. The van der Waals surface area contributed by atoms with Gasteiger partial charge in [-0.2, -0.15) is 0 Å². The summed E-state index contributed by atoms with van der Waals surface area (Å²) in [6.07, 6.45) is 2.30. The number of likely N-dealkylation sites (tertiary alicyclic amines) is 1. The first-order valence-corrected chi connectivity index (χ1v) is 7.17. The lowest BCUT2D eigenvalue weighted by molar-refractivity contribution is -0.138. The van der Waals surface area contributed by atoms with Crippen molar-refractivity contribution in [3.05, 3.63) is 33.8 Å². The van der Waals surface area contributed by atoms with Crippen LogP contribution in [-0.4, -0.2) is 29.1 Å². The molecule has 1 aliphatic rings. The van der Waals surface area contributed by atoms with Gasteiger partial charge in [-0.15, -0.1) is 0 Å². The average Bonchev–Trinajstić information content (AvgIpc) is 2.26. The second-order valence-corrected chi connectivity index (χ2v) is 5.99. The molecule has 0 aliphatic carbocycles. The lowest BCUT2D eigenvalue weighted by Crippen LogP contribution is -2.35. The monoisotopic (exact) mass is 301 g/mol. The zero-order valence-electron chi connectivity index (χ0n) is 10.6. The highest BCUT2D eigenvalue weighted by molar-refractivity contribution is 6.34. The van der Waals surface area contributed by atoms with Gasteiger partial charge < -0.3 is 5.11 Å². The number of hydrogen-bond acceptors (Lipinski definition) is 2. The molecule has 5 heteroatoms. The van der Waals surface area contributed by atoms with Crippen molar-refractivity contribution in [2.75, 3.05) is 13.1 Å². The number of carboxylic acid groups (broad SMARTS) is 1. The summed E-state index contributed by atoms with van der Waals surface area (Å²) >= 11 is 12.0. The van der Waals surface area contributed by atoms with Crippen molar-refractivity contribution in [3.63, 3.8) is 0 Å². The Hall–Kier alpha value is -0.770. The van der Waals surface area contributed by atoms with Gasteiger partial charge in [0.15, 0.2) is 0 Å². The molecule has 0 spiro atoms. The molecule has 0 bridgehead atoms. The Labute approximate surface area is 123 Å². The minimum Gasteiger partial charge on any atom is -0.481 e. The van der Waals surface area contributed by atoms with Crippen LogP contribution in [-0.2, 0) is 11.3 Å². The molecule has 0 amide bonds. The molecule has 0 radical (unpaired) electrons. The quantitative estimate of drug-likeness (QED) is 0.922. The van der Waals surface area contributed by atoms with Crippen molar-refractivity contribution in [3.8, 4) is 0 Å². The molecule has 0 aromatic heterocycles. The number of aliphatic carboxylic acids is 1. The van der Waals surface area contributed by atoms with Crippen LogP contribution in [0.4, 0.5) is 0 Å². The van der Waals surface area contributed by atoms with E-state index in [9.17, 15) is 4.79 Å². The van der Waals surface area contributed by atoms with Crippen LogP contribution in [0.25, 0.3) is 0 Å². The summed E-state index contributed by atoms with van der Waals surface area (Å²) in [4.78, 5) is 13.0. The number of carbonyl (C=O) groups is 1. The molecule has 19 heavy (non-hydrogen) atoms. The Balaban J connectivity index is 1.96. The molecular formula is C14H17Cl2NO2. The van der Waals surface area contributed by atoms with Gasteiger partial charge in [-0.3, -0.25) is 9.69 Å². The zero-order valence-corrected chi connectivity index (χ0v) is 12.1. The summed E-state index contributed by atoms with van der Waals surface area (Å²) < 4.78 is 0. The minimum absolute atomic E-state index is 0.251. The summed E-state index contributed by atoms with van der Waals surface area (Å²) in [7, 11) is 0. The number of rotatable bonds is 4. The van der Waals surface area contributed by atoms with Crippen molar-refractivity contribution >= 4 is 29.2 Å². The fourth-order valence-corrected chi connectivity index (χ4v) is 3.24. The Bertz CT molecular complexity index is 445. The van der Waals surface area contributed by atoms with E-state index in [0.29, 0.717) is 10.0 Å². The second-order valence-electron chi connectivity index (χ2n) is 5.12. The molecule has 2 rings (SSSR count). The molecule has 1 heterocycles. The standard InChI is InChI=1S/C14H17Cl2NO2/c15-12-4-11(5-13(16)7-12)9-17-3-1-2-10(8-17)6-14(18)19/h4-5,7,10H,1-3,6,8-9H2,(H,18,19). The van der Waals surface area contributed by atoms with Gasteiger partial charge in [0.2, 0.25) is 0 Å². The van der Waals surface area contributed by atoms with Crippen LogP contribution in [0, 0.1) is 5.92 Å². The Morgan fingerprint density at radius 3 is 2.63 bits per heavy atom. The lowest BCUT2D eigenvalue weighted by Gasteiger charge is -2.32. The van der Waals surface area contributed by atoms with Crippen molar-refractivity contribution in [1.29, 1.82) is 0 Å². The van der Waals surface area contributed by atoms with Gasteiger partial charge in [0, 0.05) is 29.6 Å². The van der Waals surface area contributed by atoms with E-state index >= 15 is 0 Å². The van der Waals surface area contributed by atoms with E-state index in [1.54, 1.807) is 6.07 Å². The van der Waals surface area contributed by atoms with Gasteiger partial charge in [0.05, 0.1) is 0 Å². The van der Waals surface area contributed by atoms with Gasteiger partial charge >= 0.3 is 5.97 Å². The van der Waals surface area contributed by atoms with Gasteiger partial charge in [0.1, 0.15) is 0 Å². The Morgan fingerprint density at radius 1 is 1.32 bits per heavy atom. The first-order valence-electron chi connectivity index (χ1n) is 6.42. The Morgan fingerprint density at radius 2 is 2.00 bits per heavy atom. The number of halogens is 2. The van der Waals surface area contributed by atoms with Gasteiger partial charge in [-0.05, 0) is 49.1 Å². The maximum absolute atomic E-state index is 10.8. The fourth-order valence-electron chi connectivity index (χ4n) is 2.67. The molecule has 1 aliphatic heterocycles. The van der Waals surface area contributed by atoms with Gasteiger partial charge in [-0.1, -0.05) is 23.2 Å². The van der Waals surface area contributed by atoms with Crippen molar-refractivity contribution in [2.24, 2.45) is 5.92 Å². The van der Waals surface area contributed by atoms with E-state index in [-0.39, 0.29) is 12.3 Å². The van der Waals surface area contributed by atoms with E-state index in [4.69, 9.17) is 28.3 Å². The maximum Gasteiger partial charge on any atom is 0.303 e. The number of benzene rings is 1. The van der Waals surface area contributed by atoms with E-state index < -0.39 is 5.97 Å². The molecule has 1 aromatic carbocycles. The van der Waals surface area contributed by atoms with Crippen LogP contribution >= 0.6 is 23.2 Å². The molecule has 1 N–H and O–H groups in total. The van der Waals surface area contributed by atoms with E-state index in [2.05, 4.69) is 4.90 Å². The second kappa shape index (κ2) is 6.60. The van der Waals surface area contributed by atoms with E-state index in [1.165, 1.54) is 0 Å². The largest absolute Gasteiger partial charge is 0.481 e. The number of carboxylic acids is 1. The topological polar surface area (TPSA) is 40.5 Å². The first kappa shape index (κ1) is 14.6. The minimum atomic E-state index is -0.711. The van der Waals surface area contributed by atoms with E-state index in [0.717, 1.165) is 38.0 Å². The summed E-state index contributed by atoms with van der Waals surface area (Å²) in [6, 6.07) is 5.54. The van der Waals surface area contributed by atoms with Crippen molar-refractivity contribution in [1.82, 2.24) is 4.90 Å². The van der Waals surface area contributed by atoms with Gasteiger partial charge in [0.25, 0.3) is 0 Å². The zero-order chi connectivity index (χ0) is 13.8. The molecular weight excluding hydrogens is 285 g/mol. The van der Waals surface area contributed by atoms with Crippen LogP contribution in [0.15, 0.2) is 18.2 Å². The molecule has 1 saturated heterocycles. The molecule has 1 atom stereocenters. The van der Waals surface area contributed by atoms with Crippen LogP contribution in [0.1, 0.15) is 24.8 Å². The molecule has 104 valence electrons. The smallest absolute Gasteiger partial charge is 0.303 e. The van der Waals surface area contributed by atoms with Crippen LogP contribution < -0.4 is 0 Å². The molecule has 0 saturated carbocycles. The molecule has 1 unspecified atom stereocenters. The third kappa shape index (κ3) is 4.68. The normalized spacial score (nSPS) is 20.4. The van der Waals surface area contributed by atoms with Gasteiger partial charge in [-0.25, -0.2) is 0 Å². The third-order valence-corrected chi connectivity index (χ3v) is 3.83. The van der Waals surface area contributed by atoms with Crippen molar-refractivity contribution in [2.45, 2.75) is 25.8 Å². The summed E-state index contributed by atoms with van der Waals surface area (Å²) in [5, 5.41) is 10.1. The van der Waals surface area contributed by atoms with Crippen LogP contribution in [0.3, 0.4) is 0 Å². The lowest BCUT2D eigenvalue weighted by atomic mass is 9.94. The molecule has 3 nitrogen and oxygen atoms in total. The average molecular weight is 302 g/mol. The highest BCUT2D eigenvalue weighted by atomic mass is 35.5. The number of piperidine rings is 1. The van der Waals surface area contributed by atoms with Crippen LogP contribution in [0.5, 0.6) is 0 Å². The number of nitrogens with zero attached hydrogens (tertiary/aromatic N) is 1. The van der Waals surface area contributed by atoms with Crippen LogP contribution in [0.2, 0.25) is 10.0 Å². The molecule has 1 fully saturated rings. The predicted octanol–water partition coefficient (Wildman–Crippen LogP) is 3.68. The summed E-state index contributed by atoms with van der Waals surface area (Å²) in [5.41, 5.74) is 1.08. The SMILES string of the molecule is O=C(O)CC1CCCN(Cc2cc(Cl)cc(Cl)c2)C1. The van der Waals surface area contributed by atoms with E-state index in [1.807, 2.05) is 12.1 Å². The Kier molecular flexibility index (Phi) is 5.08. The third-order valence-electron chi connectivity index (χ3n) is 3.39. The maximum atomic E-state index is 10.8. The summed E-state index contributed by atoms with van der Waals surface area (Å²) in [5.74, 6) is -0.460. The first-order chi connectivity index (χ1) is 9.02. The summed E-state index contributed by atoms with van der Waals surface area (Å²) in [6.45, 7) is 2.60. The highest BCUT2D eigenvalue weighted by Crippen LogP contribution is 2.24. The number of hydrogen-bond donors (Lipinski definition) is 1. The van der Waals surface area contributed by atoms with Crippen molar-refractivity contribution < 1.29 is 9.90 Å². The highest BCUT2D eigenvalue weighted by Gasteiger charge is 2.22.